The summed E-state index contributed by atoms with van der Waals surface area (Å²) in [6, 6.07) is 0. The maximum absolute atomic E-state index is 10.4. The largest absolute Gasteiger partial charge is 0.343 e. The van der Waals surface area contributed by atoms with Crippen molar-refractivity contribution in [2.45, 2.75) is 5.50 Å². The molecule has 4 heteroatoms. The topological polar surface area (TPSA) is 32.3 Å². The van der Waals surface area contributed by atoms with Crippen LogP contribution in [-0.2, 0) is 4.79 Å². The van der Waals surface area contributed by atoms with E-state index in [-0.39, 0.29) is 0 Å². The van der Waals surface area contributed by atoms with Crippen LogP contribution in [-0.4, -0.2) is 29.8 Å². The van der Waals surface area contributed by atoms with Crippen molar-refractivity contribution in [2.24, 2.45) is 0 Å². The predicted molar refractivity (Wildman–Crippen MR) is 40.2 cm³/mol. The molecule has 0 amide bonds. The van der Waals surface area contributed by atoms with E-state index < -0.39 is 0 Å². The Kier molecular flexibility index (Phi) is 1.43. The molecule has 0 aromatic rings. The second-order valence-corrected chi connectivity index (χ2v) is 3.25. The first-order valence-electron chi connectivity index (χ1n) is 3.22. The molecule has 0 aliphatic carbocycles. The maximum atomic E-state index is 10.4. The average Bonchev–Trinajstić information content (AvgIpc) is 2.44. The van der Waals surface area contributed by atoms with Crippen LogP contribution in [0.3, 0.4) is 0 Å². The van der Waals surface area contributed by atoms with Gasteiger partial charge < -0.3 is 4.90 Å². The molecule has 1 atom stereocenters. The Morgan fingerprint density at radius 1 is 1.90 bits per heavy atom. The molecule has 1 unspecified atom stereocenters. The van der Waals surface area contributed by atoms with Crippen LogP contribution in [0, 0.1) is 0 Å². The molecule has 0 aromatic carbocycles. The van der Waals surface area contributed by atoms with Crippen molar-refractivity contribution >= 4 is 18.0 Å². The number of rotatable bonds is 1. The lowest BCUT2D eigenvalue weighted by Gasteiger charge is -2.16. The van der Waals surface area contributed by atoms with Crippen LogP contribution in [0.5, 0.6) is 0 Å². The standard InChI is InChI=1S/C6H8N2OS/c9-3-5-4-10-6-7-1-2-8(5)6/h3-4,6-7H,1-2H2. The Morgan fingerprint density at radius 2 is 2.80 bits per heavy atom. The van der Waals surface area contributed by atoms with Crippen molar-refractivity contribution in [2.75, 3.05) is 13.1 Å². The predicted octanol–water partition coefficient (Wildman–Crippen LogP) is -0.0377. The minimum atomic E-state index is 0.334. The first kappa shape index (κ1) is 6.24. The fraction of sp³-hybridized carbons (Fsp3) is 0.500. The van der Waals surface area contributed by atoms with E-state index >= 15 is 0 Å². The van der Waals surface area contributed by atoms with Gasteiger partial charge in [0.15, 0.2) is 6.29 Å². The summed E-state index contributed by atoms with van der Waals surface area (Å²) in [5.74, 6) is 0. The average molecular weight is 156 g/mol. The third kappa shape index (κ3) is 0.759. The number of aldehydes is 1. The van der Waals surface area contributed by atoms with Gasteiger partial charge in [-0.25, -0.2) is 0 Å². The van der Waals surface area contributed by atoms with Crippen LogP contribution < -0.4 is 5.32 Å². The maximum Gasteiger partial charge on any atom is 0.166 e. The molecule has 10 heavy (non-hydrogen) atoms. The Labute approximate surface area is 63.5 Å². The van der Waals surface area contributed by atoms with Crippen LogP contribution in [0.15, 0.2) is 11.1 Å². The highest BCUT2D eigenvalue weighted by molar-refractivity contribution is 8.02. The SMILES string of the molecule is O=CC1=CSC2NCCN12. The lowest BCUT2D eigenvalue weighted by atomic mass is 10.5. The van der Waals surface area contributed by atoms with Gasteiger partial charge in [-0.15, -0.1) is 0 Å². The molecule has 2 heterocycles. The van der Waals surface area contributed by atoms with Crippen molar-refractivity contribution in [1.82, 2.24) is 10.2 Å². The molecule has 1 N–H and O–H groups in total. The molecule has 2 aliphatic rings. The van der Waals surface area contributed by atoms with Gasteiger partial charge in [0, 0.05) is 18.5 Å². The van der Waals surface area contributed by atoms with Gasteiger partial charge >= 0.3 is 0 Å². The molecule has 3 nitrogen and oxygen atoms in total. The van der Waals surface area contributed by atoms with Gasteiger partial charge in [-0.3, -0.25) is 10.1 Å². The monoisotopic (exact) mass is 156 g/mol. The lowest BCUT2D eigenvalue weighted by molar-refractivity contribution is -0.106. The molecule has 1 fully saturated rings. The minimum Gasteiger partial charge on any atom is -0.343 e. The zero-order chi connectivity index (χ0) is 6.97. The van der Waals surface area contributed by atoms with E-state index in [1.165, 1.54) is 0 Å². The van der Waals surface area contributed by atoms with Crippen molar-refractivity contribution < 1.29 is 4.79 Å². The van der Waals surface area contributed by atoms with E-state index in [0.29, 0.717) is 5.50 Å². The van der Waals surface area contributed by atoms with Crippen LogP contribution in [0.25, 0.3) is 0 Å². The number of hydrogen-bond acceptors (Lipinski definition) is 4. The zero-order valence-corrected chi connectivity index (χ0v) is 6.23. The van der Waals surface area contributed by atoms with Crippen LogP contribution in [0.4, 0.5) is 0 Å². The van der Waals surface area contributed by atoms with Crippen molar-refractivity contribution in [3.63, 3.8) is 0 Å². The van der Waals surface area contributed by atoms with Gasteiger partial charge in [-0.2, -0.15) is 0 Å². The molecular formula is C6H8N2OS. The Hall–Kier alpha value is -0.480. The van der Waals surface area contributed by atoms with Gasteiger partial charge in [-0.1, -0.05) is 11.8 Å². The van der Waals surface area contributed by atoms with Crippen LogP contribution in [0.2, 0.25) is 0 Å². The molecule has 54 valence electrons. The third-order valence-corrected chi connectivity index (χ3v) is 2.78. The number of nitrogens with one attached hydrogen (secondary N) is 1. The Morgan fingerprint density at radius 3 is 3.60 bits per heavy atom. The summed E-state index contributed by atoms with van der Waals surface area (Å²) in [4.78, 5) is 12.5. The summed E-state index contributed by atoms with van der Waals surface area (Å²) in [6.07, 6.45) is 0.917. The second kappa shape index (κ2) is 2.29. The number of allylic oxidation sites excluding steroid dienone is 1. The molecule has 1 saturated heterocycles. The minimum absolute atomic E-state index is 0.334. The first-order valence-corrected chi connectivity index (χ1v) is 4.17. The van der Waals surface area contributed by atoms with Crippen molar-refractivity contribution in [1.29, 1.82) is 0 Å². The smallest absolute Gasteiger partial charge is 0.166 e. The fourth-order valence-corrected chi connectivity index (χ4v) is 2.27. The molecule has 0 saturated carbocycles. The van der Waals surface area contributed by atoms with E-state index in [2.05, 4.69) is 10.2 Å². The van der Waals surface area contributed by atoms with Crippen LogP contribution in [0.1, 0.15) is 0 Å². The molecule has 0 radical (unpaired) electrons. The van der Waals surface area contributed by atoms with Gasteiger partial charge in [0.05, 0.1) is 5.70 Å². The Balaban J connectivity index is 2.17. The third-order valence-electron chi connectivity index (χ3n) is 1.72. The molecule has 0 aromatic heterocycles. The summed E-state index contributed by atoms with van der Waals surface area (Å²) in [5, 5.41) is 5.17. The number of fused-ring (bicyclic) bond motifs is 1. The summed E-state index contributed by atoms with van der Waals surface area (Å²) >= 11 is 1.67. The molecule has 0 spiro atoms. The summed E-state index contributed by atoms with van der Waals surface area (Å²) in [6.45, 7) is 1.95. The zero-order valence-electron chi connectivity index (χ0n) is 5.41. The summed E-state index contributed by atoms with van der Waals surface area (Å²) < 4.78 is 0. The number of thioether (sulfide) groups is 1. The second-order valence-electron chi connectivity index (χ2n) is 2.30. The summed E-state index contributed by atoms with van der Waals surface area (Å²) in [7, 11) is 0. The van der Waals surface area contributed by atoms with E-state index in [9.17, 15) is 4.79 Å². The summed E-state index contributed by atoms with van der Waals surface area (Å²) in [5.41, 5.74) is 1.15. The highest BCUT2D eigenvalue weighted by atomic mass is 32.2. The van der Waals surface area contributed by atoms with Crippen LogP contribution >= 0.6 is 11.8 Å². The van der Waals surface area contributed by atoms with E-state index in [1.807, 2.05) is 5.41 Å². The number of carbonyl (C=O) groups excluding carboxylic acids is 1. The normalized spacial score (nSPS) is 30.2. The van der Waals surface area contributed by atoms with Gasteiger partial charge in [0.25, 0.3) is 0 Å². The molecule has 0 bridgehead atoms. The van der Waals surface area contributed by atoms with Gasteiger partial charge in [-0.05, 0) is 0 Å². The fourth-order valence-electron chi connectivity index (χ4n) is 1.22. The first-order chi connectivity index (χ1) is 4.92. The highest BCUT2D eigenvalue weighted by Gasteiger charge is 2.29. The van der Waals surface area contributed by atoms with E-state index in [4.69, 9.17) is 0 Å². The molecule has 2 aliphatic heterocycles. The molecular weight excluding hydrogens is 148 g/mol. The van der Waals surface area contributed by atoms with Crippen molar-refractivity contribution in [3.8, 4) is 0 Å². The van der Waals surface area contributed by atoms with Crippen molar-refractivity contribution in [3.05, 3.63) is 11.1 Å². The number of carbonyl (C=O) groups is 1. The van der Waals surface area contributed by atoms with E-state index in [1.54, 1.807) is 11.8 Å². The molecule has 2 rings (SSSR count). The quantitative estimate of drug-likeness (QED) is 0.540. The lowest BCUT2D eigenvalue weighted by Crippen LogP contribution is -2.27. The number of hydrogen-bond donors (Lipinski definition) is 1. The van der Waals surface area contributed by atoms with Gasteiger partial charge in [0.1, 0.15) is 5.50 Å². The van der Waals surface area contributed by atoms with Gasteiger partial charge in [0.2, 0.25) is 0 Å². The number of nitrogens with zero attached hydrogens (tertiary/aromatic N) is 1. The highest BCUT2D eigenvalue weighted by Crippen LogP contribution is 2.29. The van der Waals surface area contributed by atoms with E-state index in [0.717, 1.165) is 25.1 Å². The Bertz CT molecular complexity index is 192.